The van der Waals surface area contributed by atoms with Gasteiger partial charge in [0, 0.05) is 30.1 Å². The molecule has 0 aliphatic carbocycles. The number of hydrogen-bond donors (Lipinski definition) is 1. The predicted octanol–water partition coefficient (Wildman–Crippen LogP) is 3.86. The van der Waals surface area contributed by atoms with E-state index < -0.39 is 6.09 Å². The summed E-state index contributed by atoms with van der Waals surface area (Å²) in [5, 5.41) is 2.77. The van der Waals surface area contributed by atoms with Crippen LogP contribution in [0.15, 0.2) is 48.5 Å². The molecule has 136 valence electrons. The Morgan fingerprint density at radius 3 is 2.38 bits per heavy atom. The smallest absolute Gasteiger partial charge is 0.413 e. The van der Waals surface area contributed by atoms with E-state index in [1.807, 2.05) is 25.1 Å². The van der Waals surface area contributed by atoms with E-state index in [1.54, 1.807) is 44.5 Å². The Kier molecular flexibility index (Phi) is 6.38. The third-order valence-electron chi connectivity index (χ3n) is 3.77. The number of benzene rings is 2. The molecule has 0 spiro atoms. The maximum atomic E-state index is 12.1. The van der Waals surface area contributed by atoms with Gasteiger partial charge in [-0.25, -0.2) is 4.79 Å². The van der Waals surface area contributed by atoms with Gasteiger partial charge in [-0.05, 0) is 49.4 Å². The van der Waals surface area contributed by atoms with Crippen molar-refractivity contribution >= 4 is 29.5 Å². The summed E-state index contributed by atoms with van der Waals surface area (Å²) in [5.41, 5.74) is 3.20. The number of anilines is 2. The monoisotopic (exact) mass is 354 g/mol. The zero-order chi connectivity index (χ0) is 19.1. The molecule has 6 heteroatoms. The van der Waals surface area contributed by atoms with Crippen molar-refractivity contribution in [2.24, 2.45) is 0 Å². The fourth-order valence-electron chi connectivity index (χ4n) is 2.34. The Morgan fingerprint density at radius 1 is 1.08 bits per heavy atom. The van der Waals surface area contributed by atoms with E-state index in [2.05, 4.69) is 10.1 Å². The lowest BCUT2D eigenvalue weighted by molar-refractivity contribution is -0.111. The average molecular weight is 354 g/mol. The van der Waals surface area contributed by atoms with Crippen LogP contribution < -0.4 is 15.0 Å². The maximum absolute atomic E-state index is 12.1. The highest BCUT2D eigenvalue weighted by Gasteiger charge is 2.10. The number of nitrogens with one attached hydrogen (secondary N) is 1. The SMILES string of the molecule is COC(=O)N(C)c1ccc(NC(=O)C=Cc2cc(C)ccc2OC)cc1. The molecule has 2 rings (SSSR count). The highest BCUT2D eigenvalue weighted by molar-refractivity contribution is 6.02. The standard InChI is InChI=1S/C20H22N2O4/c1-14-5-11-18(25-3)15(13-14)6-12-19(23)21-16-7-9-17(10-8-16)22(2)20(24)26-4/h5-13H,1-4H3,(H,21,23). The first-order valence-electron chi connectivity index (χ1n) is 8.00. The van der Waals surface area contributed by atoms with Crippen LogP contribution in [0.5, 0.6) is 5.75 Å². The van der Waals surface area contributed by atoms with Gasteiger partial charge in [-0.15, -0.1) is 0 Å². The molecule has 0 radical (unpaired) electrons. The topological polar surface area (TPSA) is 67.9 Å². The van der Waals surface area contributed by atoms with E-state index >= 15 is 0 Å². The molecule has 0 aliphatic heterocycles. The van der Waals surface area contributed by atoms with Crippen molar-refractivity contribution in [1.82, 2.24) is 0 Å². The van der Waals surface area contributed by atoms with Gasteiger partial charge in [0.25, 0.3) is 0 Å². The van der Waals surface area contributed by atoms with Crippen LogP contribution in [-0.4, -0.2) is 33.3 Å². The summed E-state index contributed by atoms with van der Waals surface area (Å²) in [6.45, 7) is 1.98. The van der Waals surface area contributed by atoms with Gasteiger partial charge in [-0.3, -0.25) is 9.69 Å². The lowest BCUT2D eigenvalue weighted by Gasteiger charge is -2.15. The van der Waals surface area contributed by atoms with Crippen molar-refractivity contribution in [2.45, 2.75) is 6.92 Å². The summed E-state index contributed by atoms with van der Waals surface area (Å²) in [6, 6.07) is 12.6. The molecule has 0 saturated heterocycles. The van der Waals surface area contributed by atoms with E-state index in [0.29, 0.717) is 17.1 Å². The van der Waals surface area contributed by atoms with E-state index in [4.69, 9.17) is 4.74 Å². The molecule has 0 aliphatic rings. The van der Waals surface area contributed by atoms with Gasteiger partial charge in [0.15, 0.2) is 0 Å². The normalized spacial score (nSPS) is 10.5. The first-order valence-corrected chi connectivity index (χ1v) is 8.00. The van der Waals surface area contributed by atoms with Crippen molar-refractivity contribution in [3.63, 3.8) is 0 Å². The minimum Gasteiger partial charge on any atom is -0.496 e. The molecule has 0 unspecified atom stereocenters. The van der Waals surface area contributed by atoms with Gasteiger partial charge in [0.1, 0.15) is 5.75 Å². The second-order valence-electron chi connectivity index (χ2n) is 5.64. The number of ether oxygens (including phenoxy) is 2. The lowest BCUT2D eigenvalue weighted by atomic mass is 10.1. The second-order valence-corrected chi connectivity index (χ2v) is 5.64. The van der Waals surface area contributed by atoms with Crippen LogP contribution in [0, 0.1) is 6.92 Å². The van der Waals surface area contributed by atoms with E-state index in [-0.39, 0.29) is 5.91 Å². The molecular weight excluding hydrogens is 332 g/mol. The molecule has 0 fully saturated rings. The molecule has 26 heavy (non-hydrogen) atoms. The molecule has 6 nitrogen and oxygen atoms in total. The quantitative estimate of drug-likeness (QED) is 0.828. The van der Waals surface area contributed by atoms with E-state index in [9.17, 15) is 9.59 Å². The summed E-state index contributed by atoms with van der Waals surface area (Å²) in [4.78, 5) is 25.0. The number of carbonyl (C=O) groups is 2. The Labute approximate surface area is 153 Å². The van der Waals surface area contributed by atoms with Gasteiger partial charge in [0.05, 0.1) is 14.2 Å². The summed E-state index contributed by atoms with van der Waals surface area (Å²) in [7, 11) is 4.52. The number of amides is 2. The molecule has 2 aromatic rings. The van der Waals surface area contributed by atoms with Crippen LogP contribution in [0.2, 0.25) is 0 Å². The van der Waals surface area contributed by atoms with Gasteiger partial charge in [-0.1, -0.05) is 11.6 Å². The van der Waals surface area contributed by atoms with E-state index in [1.165, 1.54) is 18.1 Å². The Hall–Kier alpha value is -3.28. The third kappa shape index (κ3) is 4.86. The van der Waals surface area contributed by atoms with Crippen LogP contribution in [0.3, 0.4) is 0 Å². The van der Waals surface area contributed by atoms with Crippen LogP contribution in [0.1, 0.15) is 11.1 Å². The molecule has 2 aromatic carbocycles. The number of aryl methyl sites for hydroxylation is 1. The van der Waals surface area contributed by atoms with Crippen molar-refractivity contribution in [3.05, 3.63) is 59.7 Å². The minimum absolute atomic E-state index is 0.261. The summed E-state index contributed by atoms with van der Waals surface area (Å²) >= 11 is 0. The molecule has 0 atom stereocenters. The number of rotatable bonds is 5. The number of nitrogens with zero attached hydrogens (tertiary/aromatic N) is 1. The fraction of sp³-hybridized carbons (Fsp3) is 0.200. The Bertz CT molecular complexity index is 813. The van der Waals surface area contributed by atoms with Crippen molar-refractivity contribution in [2.75, 3.05) is 31.5 Å². The highest BCUT2D eigenvalue weighted by atomic mass is 16.5. The number of hydrogen-bond acceptors (Lipinski definition) is 4. The van der Waals surface area contributed by atoms with Gasteiger partial charge in [0.2, 0.25) is 5.91 Å². The molecule has 1 N–H and O–H groups in total. The van der Waals surface area contributed by atoms with E-state index in [0.717, 1.165) is 11.1 Å². The third-order valence-corrected chi connectivity index (χ3v) is 3.77. The number of methoxy groups -OCH3 is 2. The molecule has 0 aromatic heterocycles. The fourth-order valence-corrected chi connectivity index (χ4v) is 2.34. The van der Waals surface area contributed by atoms with Crippen LogP contribution >= 0.6 is 0 Å². The van der Waals surface area contributed by atoms with Gasteiger partial charge < -0.3 is 14.8 Å². The molecular formula is C20H22N2O4. The lowest BCUT2D eigenvalue weighted by Crippen LogP contribution is -2.25. The second kappa shape index (κ2) is 8.71. The van der Waals surface area contributed by atoms with Gasteiger partial charge >= 0.3 is 6.09 Å². The van der Waals surface area contributed by atoms with Crippen molar-refractivity contribution < 1.29 is 19.1 Å². The minimum atomic E-state index is -0.461. The zero-order valence-electron chi connectivity index (χ0n) is 15.3. The first-order chi connectivity index (χ1) is 12.4. The Morgan fingerprint density at radius 2 is 1.77 bits per heavy atom. The van der Waals surface area contributed by atoms with Crippen molar-refractivity contribution in [1.29, 1.82) is 0 Å². The van der Waals surface area contributed by atoms with Gasteiger partial charge in [-0.2, -0.15) is 0 Å². The summed E-state index contributed by atoms with van der Waals surface area (Å²) < 4.78 is 9.95. The predicted molar refractivity (Wildman–Crippen MR) is 103 cm³/mol. The average Bonchev–Trinajstić information content (AvgIpc) is 2.66. The Balaban J connectivity index is 2.04. The first kappa shape index (κ1) is 19.1. The molecule has 0 bridgehead atoms. The maximum Gasteiger partial charge on any atom is 0.413 e. The largest absolute Gasteiger partial charge is 0.496 e. The number of carbonyl (C=O) groups excluding carboxylic acids is 2. The van der Waals surface area contributed by atoms with Crippen LogP contribution in [0.25, 0.3) is 6.08 Å². The highest BCUT2D eigenvalue weighted by Crippen LogP contribution is 2.21. The van der Waals surface area contributed by atoms with Crippen molar-refractivity contribution in [3.8, 4) is 5.75 Å². The molecule has 0 saturated carbocycles. The molecule has 2 amide bonds. The van der Waals surface area contributed by atoms with Crippen LogP contribution in [-0.2, 0) is 9.53 Å². The molecule has 0 heterocycles. The van der Waals surface area contributed by atoms with Crippen LogP contribution in [0.4, 0.5) is 16.2 Å². The zero-order valence-corrected chi connectivity index (χ0v) is 15.3. The summed E-state index contributed by atoms with van der Waals surface area (Å²) in [6.07, 6.45) is 2.70. The summed E-state index contributed by atoms with van der Waals surface area (Å²) in [5.74, 6) is 0.442.